The monoisotopic (exact) mass is 291 g/mol. The van der Waals surface area contributed by atoms with E-state index in [1.807, 2.05) is 13.8 Å². The highest BCUT2D eigenvalue weighted by Crippen LogP contribution is 2.31. The highest BCUT2D eigenvalue weighted by molar-refractivity contribution is 7.16. The van der Waals surface area contributed by atoms with E-state index in [-0.39, 0.29) is 11.8 Å². The van der Waals surface area contributed by atoms with Gasteiger partial charge in [-0.2, -0.15) is 0 Å². The lowest BCUT2D eigenvalue weighted by Crippen LogP contribution is -2.14. The second-order valence-electron chi connectivity index (χ2n) is 5.36. The minimum Gasteiger partial charge on any atom is -0.360 e. The number of hydrogen-bond donors (Lipinski definition) is 1. The summed E-state index contributed by atoms with van der Waals surface area (Å²) in [5.41, 5.74) is 2.29. The van der Waals surface area contributed by atoms with Crippen LogP contribution in [0.3, 0.4) is 0 Å². The van der Waals surface area contributed by atoms with E-state index in [1.54, 1.807) is 18.3 Å². The van der Waals surface area contributed by atoms with Crippen LogP contribution in [0.1, 0.15) is 58.6 Å². The molecule has 1 aliphatic carbocycles. The molecule has 0 spiro atoms. The van der Waals surface area contributed by atoms with Gasteiger partial charge in [-0.25, -0.2) is 4.98 Å². The molecule has 0 aliphatic heterocycles. The summed E-state index contributed by atoms with van der Waals surface area (Å²) in [5, 5.41) is 7.45. The van der Waals surface area contributed by atoms with Gasteiger partial charge in [-0.05, 0) is 26.2 Å². The first-order valence-corrected chi connectivity index (χ1v) is 7.64. The number of hydrogen-bond acceptors (Lipinski definition) is 5. The van der Waals surface area contributed by atoms with Gasteiger partial charge in [-0.15, -0.1) is 11.3 Å². The van der Waals surface area contributed by atoms with Crippen LogP contribution >= 0.6 is 11.3 Å². The zero-order chi connectivity index (χ0) is 14.3. The topological polar surface area (TPSA) is 68.0 Å². The van der Waals surface area contributed by atoms with Crippen molar-refractivity contribution in [1.29, 1.82) is 0 Å². The van der Waals surface area contributed by atoms with Gasteiger partial charge in [0.05, 0.1) is 11.4 Å². The first kappa shape index (κ1) is 13.3. The maximum absolute atomic E-state index is 12.4. The average molecular weight is 291 g/mol. The van der Waals surface area contributed by atoms with E-state index >= 15 is 0 Å². The maximum Gasteiger partial charge on any atom is 0.262 e. The first-order valence-electron chi connectivity index (χ1n) is 6.82. The summed E-state index contributed by atoms with van der Waals surface area (Å²) in [6.45, 7) is 5.75. The summed E-state index contributed by atoms with van der Waals surface area (Å²) in [4.78, 5) is 18.2. The fourth-order valence-electron chi connectivity index (χ4n) is 2.46. The number of nitrogens with zero attached hydrogens (tertiary/aromatic N) is 2. The molecule has 2 aromatic rings. The molecule has 0 bridgehead atoms. The van der Waals surface area contributed by atoms with Gasteiger partial charge in [0, 0.05) is 10.8 Å². The van der Waals surface area contributed by atoms with Crippen molar-refractivity contribution in [2.45, 2.75) is 46.0 Å². The summed E-state index contributed by atoms with van der Waals surface area (Å²) < 4.78 is 5.25. The molecule has 1 amide bonds. The third kappa shape index (κ3) is 2.24. The third-order valence-corrected chi connectivity index (χ3v) is 4.53. The number of thiazole rings is 1. The molecular formula is C14H17N3O2S. The molecule has 3 rings (SSSR count). The number of fused-ring (bicyclic) bond motifs is 1. The Labute approximate surface area is 121 Å². The number of aromatic nitrogens is 2. The van der Waals surface area contributed by atoms with Crippen molar-refractivity contribution in [3.05, 3.63) is 27.6 Å². The molecule has 0 saturated carbocycles. The highest BCUT2D eigenvalue weighted by Gasteiger charge is 2.24. The lowest BCUT2D eigenvalue weighted by atomic mass is 10.0. The lowest BCUT2D eigenvalue weighted by molar-refractivity contribution is 0.102. The second-order valence-corrected chi connectivity index (χ2v) is 6.44. The van der Waals surface area contributed by atoms with Gasteiger partial charge in [-0.3, -0.25) is 10.1 Å². The molecule has 106 valence electrons. The van der Waals surface area contributed by atoms with Crippen molar-refractivity contribution in [2.24, 2.45) is 0 Å². The summed E-state index contributed by atoms with van der Waals surface area (Å²) >= 11 is 1.57. The largest absolute Gasteiger partial charge is 0.360 e. The van der Waals surface area contributed by atoms with Crippen molar-refractivity contribution in [2.75, 3.05) is 5.32 Å². The van der Waals surface area contributed by atoms with E-state index in [1.165, 1.54) is 11.3 Å². The normalized spacial score (nSPS) is 13.8. The molecule has 0 unspecified atom stereocenters. The zero-order valence-corrected chi connectivity index (χ0v) is 12.6. The van der Waals surface area contributed by atoms with E-state index < -0.39 is 0 Å². The summed E-state index contributed by atoms with van der Waals surface area (Å²) in [5.74, 6) is 0.572. The Kier molecular flexibility index (Phi) is 3.33. The van der Waals surface area contributed by atoms with Crippen LogP contribution in [0.2, 0.25) is 0 Å². The highest BCUT2D eigenvalue weighted by atomic mass is 32.1. The molecule has 6 heteroatoms. The summed E-state index contributed by atoms with van der Waals surface area (Å²) in [6, 6.07) is 0. The quantitative estimate of drug-likeness (QED) is 0.942. The standard InChI is InChI=1S/C14H17N3O2S/c1-7(2)12-11(8(3)17-19-12)13(18)16-14-15-9-5-4-6-10(9)20-14/h7H,4-6H2,1-3H3,(H,15,16,18). The van der Waals surface area contributed by atoms with E-state index in [0.717, 1.165) is 18.5 Å². The third-order valence-electron chi connectivity index (χ3n) is 3.46. The number of aryl methyl sites for hydroxylation is 3. The van der Waals surface area contributed by atoms with Gasteiger partial charge in [0.1, 0.15) is 5.56 Å². The fourth-order valence-corrected chi connectivity index (χ4v) is 3.51. The lowest BCUT2D eigenvalue weighted by Gasteiger charge is -2.04. The van der Waals surface area contributed by atoms with Crippen molar-refractivity contribution in [1.82, 2.24) is 10.1 Å². The van der Waals surface area contributed by atoms with Crippen molar-refractivity contribution < 1.29 is 9.32 Å². The Hall–Kier alpha value is -1.69. The summed E-state index contributed by atoms with van der Waals surface area (Å²) in [7, 11) is 0. The Morgan fingerprint density at radius 1 is 1.40 bits per heavy atom. The van der Waals surface area contributed by atoms with Gasteiger partial charge in [0.2, 0.25) is 0 Å². The van der Waals surface area contributed by atoms with Crippen LogP contribution in [0.25, 0.3) is 0 Å². The Bertz CT molecular complexity index is 636. The van der Waals surface area contributed by atoms with Crippen molar-refractivity contribution in [3.63, 3.8) is 0 Å². The van der Waals surface area contributed by atoms with Crippen LogP contribution in [0.4, 0.5) is 5.13 Å². The summed E-state index contributed by atoms with van der Waals surface area (Å²) in [6.07, 6.45) is 3.27. The molecule has 20 heavy (non-hydrogen) atoms. The van der Waals surface area contributed by atoms with E-state index in [4.69, 9.17) is 4.52 Å². The molecule has 1 aliphatic rings. The number of nitrogens with one attached hydrogen (secondary N) is 1. The molecule has 5 nitrogen and oxygen atoms in total. The van der Waals surface area contributed by atoms with Crippen molar-refractivity contribution in [3.8, 4) is 0 Å². The SMILES string of the molecule is Cc1noc(C(C)C)c1C(=O)Nc1nc2c(s1)CCC2. The smallest absolute Gasteiger partial charge is 0.262 e. The van der Waals surface area contributed by atoms with Crippen LogP contribution in [0, 0.1) is 6.92 Å². The predicted octanol–water partition coefficient (Wildman–Crippen LogP) is 3.30. The Balaban J connectivity index is 1.84. The van der Waals surface area contributed by atoms with Crippen LogP contribution in [-0.2, 0) is 12.8 Å². The fraction of sp³-hybridized carbons (Fsp3) is 0.500. The second kappa shape index (κ2) is 5.01. The minimum atomic E-state index is -0.181. The number of amides is 1. The van der Waals surface area contributed by atoms with Gasteiger partial charge in [0.25, 0.3) is 5.91 Å². The van der Waals surface area contributed by atoms with Gasteiger partial charge in [0.15, 0.2) is 10.9 Å². The number of carbonyl (C=O) groups excluding carboxylic acids is 1. The molecule has 0 saturated heterocycles. The van der Waals surface area contributed by atoms with Crippen LogP contribution in [0.5, 0.6) is 0 Å². The van der Waals surface area contributed by atoms with Gasteiger partial charge >= 0.3 is 0 Å². The molecule has 0 aromatic carbocycles. The Morgan fingerprint density at radius 3 is 2.90 bits per heavy atom. The molecule has 0 radical (unpaired) electrons. The van der Waals surface area contributed by atoms with E-state index in [9.17, 15) is 4.79 Å². The van der Waals surface area contributed by atoms with Crippen LogP contribution in [0.15, 0.2) is 4.52 Å². The first-order chi connectivity index (χ1) is 9.56. The van der Waals surface area contributed by atoms with Gasteiger partial charge in [-0.1, -0.05) is 19.0 Å². The molecule has 0 atom stereocenters. The molecule has 2 heterocycles. The molecule has 0 fully saturated rings. The zero-order valence-electron chi connectivity index (χ0n) is 11.8. The molecule has 1 N–H and O–H groups in total. The van der Waals surface area contributed by atoms with E-state index in [2.05, 4.69) is 15.5 Å². The number of carbonyl (C=O) groups is 1. The van der Waals surface area contributed by atoms with Crippen LogP contribution < -0.4 is 5.32 Å². The predicted molar refractivity (Wildman–Crippen MR) is 77.4 cm³/mol. The Morgan fingerprint density at radius 2 is 2.20 bits per heavy atom. The average Bonchev–Trinajstić information content (AvgIpc) is 3.02. The minimum absolute atomic E-state index is 0.123. The van der Waals surface area contributed by atoms with E-state index in [0.29, 0.717) is 22.1 Å². The molecule has 2 aromatic heterocycles. The van der Waals surface area contributed by atoms with Crippen LogP contribution in [-0.4, -0.2) is 16.0 Å². The van der Waals surface area contributed by atoms with Gasteiger partial charge < -0.3 is 4.52 Å². The molecular weight excluding hydrogens is 274 g/mol. The maximum atomic E-state index is 12.4. The number of anilines is 1. The number of rotatable bonds is 3. The van der Waals surface area contributed by atoms with Crippen molar-refractivity contribution >= 4 is 22.4 Å².